The first-order valence-corrected chi connectivity index (χ1v) is 12.1. The number of nitrogens with zero attached hydrogens (tertiary/aromatic N) is 3. The van der Waals surface area contributed by atoms with E-state index in [0.717, 1.165) is 36.8 Å². The molecule has 0 N–H and O–H groups in total. The summed E-state index contributed by atoms with van der Waals surface area (Å²) in [4.78, 5) is 16.9. The fourth-order valence-electron chi connectivity index (χ4n) is 4.51. The number of carbonyl (C=O) groups excluding carboxylic acids is 1. The minimum Gasteiger partial charge on any atom is -0.490 e. The maximum absolute atomic E-state index is 13.3. The lowest BCUT2D eigenvalue weighted by Gasteiger charge is -2.30. The molecule has 0 spiro atoms. The number of rotatable bonds is 7. The number of benzene rings is 2. The van der Waals surface area contributed by atoms with Gasteiger partial charge in [-0.3, -0.25) is 9.69 Å². The number of hydrogen-bond acceptors (Lipinski definition) is 5. The number of amides is 1. The molecule has 7 heteroatoms. The summed E-state index contributed by atoms with van der Waals surface area (Å²) in [6, 6.07) is 15.3. The summed E-state index contributed by atoms with van der Waals surface area (Å²) < 4.78 is 11.8. The van der Waals surface area contributed by atoms with Crippen LogP contribution in [0.1, 0.15) is 55.7 Å². The molecule has 176 valence electrons. The van der Waals surface area contributed by atoms with Gasteiger partial charge in [-0.1, -0.05) is 43.5 Å². The molecule has 1 aliphatic carbocycles. The third kappa shape index (κ3) is 4.92. The number of nitriles is 1. The summed E-state index contributed by atoms with van der Waals surface area (Å²) in [6.07, 6.45) is 7.36. The third-order valence-corrected chi connectivity index (χ3v) is 6.79. The van der Waals surface area contributed by atoms with Gasteiger partial charge in [-0.25, -0.2) is 0 Å². The maximum atomic E-state index is 13.3. The summed E-state index contributed by atoms with van der Waals surface area (Å²) in [5.74, 6) is 1.14. The Morgan fingerprint density at radius 1 is 1.12 bits per heavy atom. The molecule has 1 saturated heterocycles. The molecule has 2 aromatic rings. The lowest BCUT2D eigenvalue weighted by Crippen LogP contribution is -2.41. The Bertz CT molecular complexity index is 1150. The highest BCUT2D eigenvalue weighted by molar-refractivity contribution is 7.80. The number of thiocarbonyl (C=S) groups is 1. The van der Waals surface area contributed by atoms with Gasteiger partial charge in [0, 0.05) is 18.7 Å². The Morgan fingerprint density at radius 2 is 1.88 bits per heavy atom. The summed E-state index contributed by atoms with van der Waals surface area (Å²) in [6.45, 7) is 2.65. The van der Waals surface area contributed by atoms with E-state index in [1.54, 1.807) is 15.9 Å². The highest BCUT2D eigenvalue weighted by Gasteiger charge is 2.40. The largest absolute Gasteiger partial charge is 0.490 e. The molecule has 2 aliphatic rings. The van der Waals surface area contributed by atoms with Gasteiger partial charge >= 0.3 is 0 Å². The average Bonchev–Trinajstić information content (AvgIpc) is 3.07. The highest BCUT2D eigenvalue weighted by Crippen LogP contribution is 2.33. The molecular weight excluding hydrogens is 446 g/mol. The van der Waals surface area contributed by atoms with Crippen LogP contribution in [0.4, 0.5) is 0 Å². The van der Waals surface area contributed by atoms with Gasteiger partial charge < -0.3 is 14.4 Å². The van der Waals surface area contributed by atoms with Crippen LogP contribution in [0.2, 0.25) is 0 Å². The summed E-state index contributed by atoms with van der Waals surface area (Å²) in [7, 11) is 1.85. The summed E-state index contributed by atoms with van der Waals surface area (Å²) >= 11 is 5.63. The van der Waals surface area contributed by atoms with E-state index in [1.165, 1.54) is 6.42 Å². The topological polar surface area (TPSA) is 65.8 Å². The van der Waals surface area contributed by atoms with Crippen LogP contribution in [0.25, 0.3) is 6.08 Å². The Balaban J connectivity index is 1.56. The van der Waals surface area contributed by atoms with E-state index < -0.39 is 0 Å². The normalized spacial score (nSPS) is 17.9. The third-order valence-electron chi connectivity index (χ3n) is 6.32. The zero-order chi connectivity index (χ0) is 24.1. The zero-order valence-electron chi connectivity index (χ0n) is 19.6. The van der Waals surface area contributed by atoms with Crippen molar-refractivity contribution in [3.05, 3.63) is 64.9 Å². The Hall–Kier alpha value is -3.37. The second kappa shape index (κ2) is 10.7. The van der Waals surface area contributed by atoms with Gasteiger partial charge in [-0.15, -0.1) is 0 Å². The second-order valence-corrected chi connectivity index (χ2v) is 8.90. The van der Waals surface area contributed by atoms with E-state index in [1.807, 2.05) is 56.4 Å². The van der Waals surface area contributed by atoms with Crippen molar-refractivity contribution >= 4 is 29.3 Å². The van der Waals surface area contributed by atoms with Gasteiger partial charge in [0.15, 0.2) is 16.6 Å². The molecule has 0 aromatic heterocycles. The van der Waals surface area contributed by atoms with Gasteiger partial charge in [0.2, 0.25) is 0 Å². The number of carbonyl (C=O) groups is 1. The van der Waals surface area contributed by atoms with Crippen LogP contribution in [-0.2, 0) is 11.4 Å². The van der Waals surface area contributed by atoms with Crippen LogP contribution in [0.3, 0.4) is 0 Å². The molecule has 1 saturated carbocycles. The first-order chi connectivity index (χ1) is 16.5. The molecule has 0 atom stereocenters. The first-order valence-electron chi connectivity index (χ1n) is 11.7. The molecule has 0 radical (unpaired) electrons. The standard InChI is InChI=1S/C27H29N3O3S/c1-3-32-25-16-19(13-14-24(25)33-18-21-10-8-7-9-20(21)17-28)15-23-26(31)30(27(34)29(23)2)22-11-5-4-6-12-22/h7-10,13-16,22H,3-6,11-12,18H2,1-2H3/b23-15-. The van der Waals surface area contributed by atoms with E-state index in [9.17, 15) is 10.1 Å². The monoisotopic (exact) mass is 475 g/mol. The van der Waals surface area contributed by atoms with Crippen LogP contribution in [0.5, 0.6) is 11.5 Å². The molecular formula is C27H29N3O3S. The molecule has 0 bridgehead atoms. The Morgan fingerprint density at radius 3 is 2.62 bits per heavy atom. The molecule has 1 heterocycles. The Labute approximate surface area is 206 Å². The molecule has 4 rings (SSSR count). The van der Waals surface area contributed by atoms with Crippen molar-refractivity contribution in [1.82, 2.24) is 9.80 Å². The first kappa shape index (κ1) is 23.8. The lowest BCUT2D eigenvalue weighted by molar-refractivity contribution is -0.124. The van der Waals surface area contributed by atoms with Gasteiger partial charge in [-0.2, -0.15) is 5.26 Å². The predicted octanol–water partition coefficient (Wildman–Crippen LogP) is 5.27. The molecule has 6 nitrogen and oxygen atoms in total. The van der Waals surface area contributed by atoms with Gasteiger partial charge in [-0.05, 0) is 61.8 Å². The number of likely N-dealkylation sites (N-methyl/N-ethyl adjacent to an activating group) is 1. The van der Waals surface area contributed by atoms with E-state index >= 15 is 0 Å². The fourth-order valence-corrected chi connectivity index (χ4v) is 4.84. The smallest absolute Gasteiger partial charge is 0.277 e. The summed E-state index contributed by atoms with van der Waals surface area (Å²) in [5, 5.41) is 9.88. The molecule has 2 aromatic carbocycles. The number of hydrogen-bond donors (Lipinski definition) is 0. The lowest BCUT2D eigenvalue weighted by atomic mass is 9.94. The van der Waals surface area contributed by atoms with Crippen molar-refractivity contribution in [2.45, 2.75) is 51.7 Å². The molecule has 0 unspecified atom stereocenters. The minimum absolute atomic E-state index is 0.0363. The quantitative estimate of drug-likeness (QED) is 0.402. The van der Waals surface area contributed by atoms with Crippen molar-refractivity contribution in [3.8, 4) is 17.6 Å². The molecule has 1 aliphatic heterocycles. The number of ether oxygens (including phenoxy) is 2. The van der Waals surface area contributed by atoms with Gasteiger partial charge in [0.05, 0.1) is 18.2 Å². The van der Waals surface area contributed by atoms with Crippen LogP contribution in [0.15, 0.2) is 48.2 Å². The summed E-state index contributed by atoms with van der Waals surface area (Å²) in [5.41, 5.74) is 2.79. The average molecular weight is 476 g/mol. The van der Waals surface area contributed by atoms with E-state index in [2.05, 4.69) is 6.07 Å². The Kier molecular flexibility index (Phi) is 7.49. The molecule has 1 amide bonds. The van der Waals surface area contributed by atoms with Crippen molar-refractivity contribution in [2.24, 2.45) is 0 Å². The van der Waals surface area contributed by atoms with Gasteiger partial charge in [0.25, 0.3) is 5.91 Å². The van der Waals surface area contributed by atoms with Crippen molar-refractivity contribution in [3.63, 3.8) is 0 Å². The van der Waals surface area contributed by atoms with Gasteiger partial charge in [0.1, 0.15) is 12.3 Å². The predicted molar refractivity (Wildman–Crippen MR) is 135 cm³/mol. The molecule has 34 heavy (non-hydrogen) atoms. The second-order valence-electron chi connectivity index (χ2n) is 8.53. The highest BCUT2D eigenvalue weighted by atomic mass is 32.1. The van der Waals surface area contributed by atoms with Crippen molar-refractivity contribution in [1.29, 1.82) is 5.26 Å². The zero-order valence-corrected chi connectivity index (χ0v) is 20.4. The van der Waals surface area contributed by atoms with E-state index in [4.69, 9.17) is 21.7 Å². The van der Waals surface area contributed by atoms with Crippen molar-refractivity contribution in [2.75, 3.05) is 13.7 Å². The van der Waals surface area contributed by atoms with Crippen molar-refractivity contribution < 1.29 is 14.3 Å². The van der Waals surface area contributed by atoms with Crippen LogP contribution < -0.4 is 9.47 Å². The van der Waals surface area contributed by atoms with Crippen LogP contribution in [-0.4, -0.2) is 40.5 Å². The molecule has 2 fully saturated rings. The van der Waals surface area contributed by atoms with E-state index in [-0.39, 0.29) is 18.6 Å². The van der Waals surface area contributed by atoms with Crippen LogP contribution in [0, 0.1) is 11.3 Å². The fraction of sp³-hybridized carbons (Fsp3) is 0.370. The van der Waals surface area contributed by atoms with E-state index in [0.29, 0.717) is 34.5 Å². The minimum atomic E-state index is -0.0363. The SMILES string of the molecule is CCOc1cc(/C=C2/C(=O)N(C3CCCCC3)C(=S)N2C)ccc1OCc1ccccc1C#N. The maximum Gasteiger partial charge on any atom is 0.277 e. The van der Waals surface area contributed by atoms with Crippen LogP contribution >= 0.6 is 12.2 Å².